The average molecular weight is 413 g/mol. The first-order chi connectivity index (χ1) is 14.6. The highest BCUT2D eigenvalue weighted by Crippen LogP contribution is 2.27. The molecule has 0 spiro atoms. The van der Waals surface area contributed by atoms with Crippen molar-refractivity contribution in [3.05, 3.63) is 94.8 Å². The molecule has 0 aliphatic carbocycles. The van der Waals surface area contributed by atoms with Crippen LogP contribution in [0.5, 0.6) is 0 Å². The summed E-state index contributed by atoms with van der Waals surface area (Å²) in [4.78, 5) is 17.5. The molecule has 2 aromatic heterocycles. The van der Waals surface area contributed by atoms with Crippen molar-refractivity contribution in [3.8, 4) is 17.3 Å². The number of amides is 1. The number of imidazole rings is 1. The molecule has 4 aromatic rings. The molecule has 6 heteroatoms. The molecule has 0 radical (unpaired) electrons. The van der Waals surface area contributed by atoms with Crippen molar-refractivity contribution in [3.63, 3.8) is 0 Å². The van der Waals surface area contributed by atoms with Gasteiger partial charge in [-0.05, 0) is 48.9 Å². The van der Waals surface area contributed by atoms with Gasteiger partial charge in [0.2, 0.25) is 0 Å². The largest absolute Gasteiger partial charge is 0.321 e. The number of nitriles is 1. The molecule has 0 saturated carbocycles. The van der Waals surface area contributed by atoms with Gasteiger partial charge in [0.1, 0.15) is 17.3 Å². The maximum atomic E-state index is 12.7. The van der Waals surface area contributed by atoms with Gasteiger partial charge >= 0.3 is 0 Å². The summed E-state index contributed by atoms with van der Waals surface area (Å²) in [5.74, 6) is -0.499. The predicted molar refractivity (Wildman–Crippen MR) is 119 cm³/mol. The molecule has 0 saturated heterocycles. The van der Waals surface area contributed by atoms with E-state index in [1.807, 2.05) is 66.1 Å². The van der Waals surface area contributed by atoms with E-state index in [-0.39, 0.29) is 5.57 Å². The van der Waals surface area contributed by atoms with Crippen molar-refractivity contribution in [2.45, 2.75) is 6.92 Å². The third-order valence-corrected chi connectivity index (χ3v) is 4.93. The second kappa shape index (κ2) is 8.24. The van der Waals surface area contributed by atoms with Gasteiger partial charge in [-0.25, -0.2) is 4.98 Å². The molecule has 0 fully saturated rings. The SMILES string of the molecule is Cc1cccn2c(/C=C(\C#N)C(=O)Nc3ccc(Cl)cc3)c(-c3ccccc3)nc12. The van der Waals surface area contributed by atoms with Gasteiger partial charge in [0.25, 0.3) is 5.91 Å². The summed E-state index contributed by atoms with van der Waals surface area (Å²) in [6, 6.07) is 22.3. The molecule has 2 aromatic carbocycles. The molecular formula is C24H17ClN4O. The van der Waals surface area contributed by atoms with Crippen LogP contribution >= 0.6 is 11.6 Å². The minimum Gasteiger partial charge on any atom is -0.321 e. The second-order valence-electron chi connectivity index (χ2n) is 6.73. The summed E-state index contributed by atoms with van der Waals surface area (Å²) in [7, 11) is 0. The number of nitrogens with one attached hydrogen (secondary N) is 1. The Morgan fingerprint density at radius 3 is 2.53 bits per heavy atom. The lowest BCUT2D eigenvalue weighted by atomic mass is 10.1. The molecule has 5 nitrogen and oxygen atoms in total. The normalized spacial score (nSPS) is 11.3. The standard InChI is InChI=1S/C24H17ClN4O/c1-16-6-5-13-29-21(22(28-23(16)29)17-7-3-2-4-8-17)14-18(15-26)24(30)27-20-11-9-19(25)10-12-20/h2-14H,1H3,(H,27,30)/b18-14+. The summed E-state index contributed by atoms with van der Waals surface area (Å²) in [5.41, 5.74) is 4.59. The molecule has 30 heavy (non-hydrogen) atoms. The van der Waals surface area contributed by atoms with Gasteiger partial charge in [0.05, 0.1) is 11.4 Å². The predicted octanol–water partition coefficient (Wildman–Crippen LogP) is 5.51. The van der Waals surface area contributed by atoms with Crippen LogP contribution in [-0.4, -0.2) is 15.3 Å². The zero-order valence-electron chi connectivity index (χ0n) is 16.1. The number of fused-ring (bicyclic) bond motifs is 1. The molecule has 2 heterocycles. The molecule has 1 N–H and O–H groups in total. The lowest BCUT2D eigenvalue weighted by Crippen LogP contribution is -2.13. The number of hydrogen-bond acceptors (Lipinski definition) is 3. The van der Waals surface area contributed by atoms with E-state index in [9.17, 15) is 10.1 Å². The Labute approximate surface area is 178 Å². The van der Waals surface area contributed by atoms with Gasteiger partial charge in [-0.1, -0.05) is 48.0 Å². The van der Waals surface area contributed by atoms with Crippen LogP contribution in [0.15, 0.2) is 78.5 Å². The van der Waals surface area contributed by atoms with Crippen LogP contribution in [0.1, 0.15) is 11.3 Å². The summed E-state index contributed by atoms with van der Waals surface area (Å²) < 4.78 is 1.89. The number of rotatable bonds is 4. The Balaban J connectivity index is 1.81. The number of pyridine rings is 1. The number of carbonyl (C=O) groups is 1. The molecule has 0 aliphatic heterocycles. The molecular weight excluding hydrogens is 396 g/mol. The summed E-state index contributed by atoms with van der Waals surface area (Å²) in [6.45, 7) is 1.98. The van der Waals surface area contributed by atoms with Crippen LogP contribution in [-0.2, 0) is 4.79 Å². The Kier molecular flexibility index (Phi) is 5.34. The van der Waals surface area contributed by atoms with E-state index < -0.39 is 5.91 Å². The summed E-state index contributed by atoms with van der Waals surface area (Å²) in [6.07, 6.45) is 3.45. The monoisotopic (exact) mass is 412 g/mol. The van der Waals surface area contributed by atoms with Crippen molar-refractivity contribution in [1.29, 1.82) is 5.26 Å². The van der Waals surface area contributed by atoms with Crippen molar-refractivity contribution in [2.24, 2.45) is 0 Å². The molecule has 1 amide bonds. The van der Waals surface area contributed by atoms with E-state index in [1.165, 1.54) is 0 Å². The molecule has 0 aliphatic rings. The molecule has 0 bridgehead atoms. The van der Waals surface area contributed by atoms with Crippen molar-refractivity contribution in [2.75, 3.05) is 5.32 Å². The van der Waals surface area contributed by atoms with Crippen LogP contribution < -0.4 is 5.32 Å². The van der Waals surface area contributed by atoms with Gasteiger partial charge in [0, 0.05) is 22.5 Å². The number of hydrogen-bond donors (Lipinski definition) is 1. The third-order valence-electron chi connectivity index (χ3n) is 4.68. The smallest absolute Gasteiger partial charge is 0.266 e. The number of aromatic nitrogens is 2. The lowest BCUT2D eigenvalue weighted by Gasteiger charge is -2.06. The molecule has 146 valence electrons. The fourth-order valence-electron chi connectivity index (χ4n) is 3.19. The van der Waals surface area contributed by atoms with E-state index in [4.69, 9.17) is 16.6 Å². The summed E-state index contributed by atoms with van der Waals surface area (Å²) >= 11 is 5.89. The molecule has 4 rings (SSSR count). The zero-order chi connectivity index (χ0) is 21.1. The first-order valence-electron chi connectivity index (χ1n) is 9.28. The minimum absolute atomic E-state index is 0.0227. The number of nitrogens with zero attached hydrogens (tertiary/aromatic N) is 3. The van der Waals surface area contributed by atoms with Crippen LogP contribution in [0.3, 0.4) is 0 Å². The van der Waals surface area contributed by atoms with Gasteiger partial charge in [-0.15, -0.1) is 0 Å². The van der Waals surface area contributed by atoms with Crippen LogP contribution in [0, 0.1) is 18.3 Å². The quantitative estimate of drug-likeness (QED) is 0.355. The second-order valence-corrected chi connectivity index (χ2v) is 7.16. The number of carbonyl (C=O) groups excluding carboxylic acids is 1. The highest BCUT2D eigenvalue weighted by atomic mass is 35.5. The third kappa shape index (κ3) is 3.82. The highest BCUT2D eigenvalue weighted by Gasteiger charge is 2.17. The van der Waals surface area contributed by atoms with Crippen LogP contribution in [0.4, 0.5) is 5.69 Å². The number of halogens is 1. The first-order valence-corrected chi connectivity index (χ1v) is 9.66. The highest BCUT2D eigenvalue weighted by molar-refractivity contribution is 6.30. The van der Waals surface area contributed by atoms with Gasteiger partial charge in [0.15, 0.2) is 0 Å². The van der Waals surface area contributed by atoms with Gasteiger partial charge in [-0.2, -0.15) is 5.26 Å². The first kappa shape index (κ1) is 19.4. The average Bonchev–Trinajstić information content (AvgIpc) is 3.14. The van der Waals surface area contributed by atoms with Crippen molar-refractivity contribution < 1.29 is 4.79 Å². The molecule has 0 atom stereocenters. The number of aryl methyl sites for hydroxylation is 1. The number of benzene rings is 2. The summed E-state index contributed by atoms with van der Waals surface area (Å²) in [5, 5.41) is 13.0. The minimum atomic E-state index is -0.499. The van der Waals surface area contributed by atoms with Crippen LogP contribution in [0.25, 0.3) is 23.0 Å². The van der Waals surface area contributed by atoms with Crippen LogP contribution in [0.2, 0.25) is 5.02 Å². The number of anilines is 1. The maximum absolute atomic E-state index is 12.7. The zero-order valence-corrected chi connectivity index (χ0v) is 16.9. The van der Waals surface area contributed by atoms with E-state index in [0.29, 0.717) is 22.1 Å². The Bertz CT molecular complexity index is 1300. The van der Waals surface area contributed by atoms with Crippen molar-refractivity contribution >= 4 is 34.9 Å². The van der Waals surface area contributed by atoms with E-state index in [0.717, 1.165) is 16.8 Å². The van der Waals surface area contributed by atoms with Gasteiger partial charge in [-0.3, -0.25) is 9.20 Å². The van der Waals surface area contributed by atoms with E-state index in [2.05, 4.69) is 5.32 Å². The lowest BCUT2D eigenvalue weighted by molar-refractivity contribution is -0.112. The van der Waals surface area contributed by atoms with Gasteiger partial charge < -0.3 is 5.32 Å². The van der Waals surface area contributed by atoms with E-state index >= 15 is 0 Å². The van der Waals surface area contributed by atoms with Crippen molar-refractivity contribution in [1.82, 2.24) is 9.38 Å². The maximum Gasteiger partial charge on any atom is 0.266 e. The topological polar surface area (TPSA) is 70.2 Å². The fraction of sp³-hybridized carbons (Fsp3) is 0.0417. The Hall–Kier alpha value is -3.88. The fourth-order valence-corrected chi connectivity index (χ4v) is 3.31. The molecule has 0 unspecified atom stereocenters. The Morgan fingerprint density at radius 1 is 1.10 bits per heavy atom. The van der Waals surface area contributed by atoms with E-state index in [1.54, 1.807) is 30.3 Å². The Morgan fingerprint density at radius 2 is 1.83 bits per heavy atom.